The number of nitrogens with zero attached hydrogens (tertiary/aromatic N) is 1. The molecule has 0 radical (unpaired) electrons. The molecule has 3 rings (SSSR count). The van der Waals surface area contributed by atoms with Crippen molar-refractivity contribution in [2.45, 2.75) is 31.5 Å². The zero-order valence-corrected chi connectivity index (χ0v) is 15.8. The van der Waals surface area contributed by atoms with Gasteiger partial charge in [-0.2, -0.15) is 0 Å². The molecular weight excluding hydrogens is 346 g/mol. The van der Waals surface area contributed by atoms with Gasteiger partial charge >= 0.3 is 0 Å². The topological polar surface area (TPSA) is 47.5 Å². The summed E-state index contributed by atoms with van der Waals surface area (Å²) in [4.78, 5) is 2.52. The molecular formula is C21H28ClN3O. The van der Waals surface area contributed by atoms with Crippen molar-refractivity contribution in [2.24, 2.45) is 0 Å². The third kappa shape index (κ3) is 5.63. The zero-order chi connectivity index (χ0) is 18.2. The number of anilines is 2. The van der Waals surface area contributed by atoms with Crippen LogP contribution >= 0.6 is 11.6 Å². The third-order valence-electron chi connectivity index (χ3n) is 4.83. The number of likely N-dealkylation sites (tertiary alicyclic amines) is 1. The van der Waals surface area contributed by atoms with Gasteiger partial charge in [0.2, 0.25) is 0 Å². The van der Waals surface area contributed by atoms with Gasteiger partial charge in [0.05, 0.1) is 23.4 Å². The van der Waals surface area contributed by atoms with Crippen molar-refractivity contribution in [3.05, 3.63) is 60.2 Å². The average molecular weight is 374 g/mol. The molecule has 3 N–H and O–H groups in total. The molecule has 1 saturated heterocycles. The van der Waals surface area contributed by atoms with Crippen molar-refractivity contribution in [2.75, 3.05) is 36.1 Å². The lowest BCUT2D eigenvalue weighted by Crippen LogP contribution is -2.38. The van der Waals surface area contributed by atoms with E-state index in [2.05, 4.69) is 51.9 Å². The number of nitrogens with one attached hydrogen (secondary N) is 2. The largest absolute Gasteiger partial charge is 0.390 e. The molecule has 0 amide bonds. The Labute approximate surface area is 161 Å². The van der Waals surface area contributed by atoms with E-state index in [0.717, 1.165) is 43.9 Å². The Balaban J connectivity index is 1.50. The number of aliphatic hydroxyl groups is 1. The molecule has 0 spiro atoms. The maximum atomic E-state index is 9.66. The molecule has 140 valence electrons. The number of benzene rings is 2. The van der Waals surface area contributed by atoms with Crippen molar-refractivity contribution in [3.63, 3.8) is 0 Å². The fourth-order valence-electron chi connectivity index (χ4n) is 3.34. The van der Waals surface area contributed by atoms with Crippen molar-refractivity contribution >= 4 is 23.0 Å². The summed E-state index contributed by atoms with van der Waals surface area (Å²) < 4.78 is 0. The number of aliphatic hydroxyl groups excluding tert-OH is 1. The van der Waals surface area contributed by atoms with Crippen LogP contribution in [-0.4, -0.2) is 47.7 Å². The van der Waals surface area contributed by atoms with Gasteiger partial charge in [-0.15, -0.1) is 11.6 Å². The molecule has 0 saturated carbocycles. The van der Waals surface area contributed by atoms with Crippen LogP contribution in [0.4, 0.5) is 11.4 Å². The van der Waals surface area contributed by atoms with Crippen LogP contribution in [0.3, 0.4) is 0 Å². The number of hydrogen-bond acceptors (Lipinski definition) is 4. The highest BCUT2D eigenvalue weighted by atomic mass is 35.5. The van der Waals surface area contributed by atoms with Gasteiger partial charge in [0.25, 0.3) is 0 Å². The van der Waals surface area contributed by atoms with E-state index in [1.165, 1.54) is 5.56 Å². The normalized spacial score (nSPS) is 17.0. The highest BCUT2D eigenvalue weighted by Crippen LogP contribution is 2.25. The molecule has 26 heavy (non-hydrogen) atoms. The van der Waals surface area contributed by atoms with Crippen LogP contribution < -0.4 is 10.6 Å². The van der Waals surface area contributed by atoms with Crippen LogP contribution in [0.1, 0.15) is 18.4 Å². The number of hydrogen-bond donors (Lipinski definition) is 3. The summed E-state index contributed by atoms with van der Waals surface area (Å²) in [7, 11) is 0. The maximum absolute atomic E-state index is 9.66. The average Bonchev–Trinajstić information content (AvgIpc) is 2.69. The van der Waals surface area contributed by atoms with Crippen LogP contribution in [0, 0.1) is 0 Å². The molecule has 0 bridgehead atoms. The van der Waals surface area contributed by atoms with Gasteiger partial charge in [-0.25, -0.2) is 0 Å². The van der Waals surface area contributed by atoms with Crippen molar-refractivity contribution in [1.29, 1.82) is 0 Å². The number of halogens is 1. The lowest BCUT2D eigenvalue weighted by molar-refractivity contribution is 0.211. The Morgan fingerprint density at radius 3 is 2.35 bits per heavy atom. The molecule has 2 aromatic carbocycles. The molecule has 1 unspecified atom stereocenters. The second-order valence-electron chi connectivity index (χ2n) is 6.91. The smallest absolute Gasteiger partial charge is 0.0847 e. The second kappa shape index (κ2) is 9.81. The predicted molar refractivity (Wildman–Crippen MR) is 110 cm³/mol. The zero-order valence-electron chi connectivity index (χ0n) is 15.1. The molecule has 1 heterocycles. The van der Waals surface area contributed by atoms with Gasteiger partial charge in [-0.1, -0.05) is 42.5 Å². The van der Waals surface area contributed by atoms with Gasteiger partial charge < -0.3 is 15.7 Å². The second-order valence-corrected chi connectivity index (χ2v) is 7.22. The van der Waals surface area contributed by atoms with E-state index in [-0.39, 0.29) is 5.88 Å². The molecule has 1 atom stereocenters. The summed E-state index contributed by atoms with van der Waals surface area (Å²) in [5.41, 5.74) is 3.49. The molecule has 0 aliphatic carbocycles. The summed E-state index contributed by atoms with van der Waals surface area (Å²) in [5, 5.41) is 16.6. The molecule has 1 aliphatic rings. The minimum atomic E-state index is -0.536. The summed E-state index contributed by atoms with van der Waals surface area (Å²) in [6.45, 7) is 3.69. The molecule has 5 heteroatoms. The van der Waals surface area contributed by atoms with E-state index in [1.807, 2.05) is 18.2 Å². The molecule has 0 aromatic heterocycles. The first-order chi connectivity index (χ1) is 12.7. The van der Waals surface area contributed by atoms with Crippen molar-refractivity contribution in [1.82, 2.24) is 4.90 Å². The Bertz CT molecular complexity index is 659. The Kier molecular flexibility index (Phi) is 7.18. The summed E-state index contributed by atoms with van der Waals surface area (Å²) in [6.07, 6.45) is 1.72. The van der Waals surface area contributed by atoms with E-state index in [1.54, 1.807) is 0 Å². The van der Waals surface area contributed by atoms with Crippen molar-refractivity contribution in [3.8, 4) is 0 Å². The van der Waals surface area contributed by atoms with Crippen LogP contribution in [0.25, 0.3) is 0 Å². The van der Waals surface area contributed by atoms with E-state index >= 15 is 0 Å². The number of para-hydroxylation sites is 2. The van der Waals surface area contributed by atoms with Crippen LogP contribution in [0.5, 0.6) is 0 Å². The monoisotopic (exact) mass is 373 g/mol. The lowest BCUT2D eigenvalue weighted by Gasteiger charge is -2.33. The van der Waals surface area contributed by atoms with Crippen LogP contribution in [0.2, 0.25) is 0 Å². The van der Waals surface area contributed by atoms with E-state index in [0.29, 0.717) is 12.6 Å². The fourth-order valence-corrected chi connectivity index (χ4v) is 3.45. The SMILES string of the molecule is OC(CCl)CNc1ccccc1NC1CCN(Cc2ccccc2)CC1. The van der Waals surface area contributed by atoms with Gasteiger partial charge in [-0.3, -0.25) is 4.90 Å². The van der Waals surface area contributed by atoms with Gasteiger partial charge in [0.15, 0.2) is 0 Å². The predicted octanol–water partition coefficient (Wildman–Crippen LogP) is 3.77. The number of alkyl halides is 1. The highest BCUT2D eigenvalue weighted by Gasteiger charge is 2.19. The Hall–Kier alpha value is -1.75. The summed E-state index contributed by atoms with van der Waals surface area (Å²) in [5.74, 6) is 0.239. The van der Waals surface area contributed by atoms with Crippen LogP contribution in [-0.2, 0) is 6.54 Å². The highest BCUT2D eigenvalue weighted by molar-refractivity contribution is 6.18. The number of piperidine rings is 1. The quantitative estimate of drug-likeness (QED) is 0.616. The maximum Gasteiger partial charge on any atom is 0.0847 e. The molecule has 2 aromatic rings. The lowest BCUT2D eigenvalue weighted by atomic mass is 10.0. The van der Waals surface area contributed by atoms with E-state index in [4.69, 9.17) is 11.6 Å². The fraction of sp³-hybridized carbons (Fsp3) is 0.429. The van der Waals surface area contributed by atoms with Gasteiger partial charge in [-0.05, 0) is 30.5 Å². The van der Waals surface area contributed by atoms with Gasteiger partial charge in [0.1, 0.15) is 0 Å². The molecule has 1 fully saturated rings. The van der Waals surface area contributed by atoms with E-state index in [9.17, 15) is 5.11 Å². The first kappa shape index (κ1) is 19.0. The summed E-state index contributed by atoms with van der Waals surface area (Å²) in [6, 6.07) is 19.3. The van der Waals surface area contributed by atoms with Gasteiger partial charge in [0, 0.05) is 32.2 Å². The minimum Gasteiger partial charge on any atom is -0.390 e. The summed E-state index contributed by atoms with van der Waals surface area (Å²) >= 11 is 5.68. The van der Waals surface area contributed by atoms with E-state index < -0.39 is 6.10 Å². The number of rotatable bonds is 8. The molecule has 1 aliphatic heterocycles. The van der Waals surface area contributed by atoms with Crippen LogP contribution in [0.15, 0.2) is 54.6 Å². The first-order valence-corrected chi connectivity index (χ1v) is 9.88. The minimum absolute atomic E-state index is 0.239. The van der Waals surface area contributed by atoms with Crippen molar-refractivity contribution < 1.29 is 5.11 Å². The Morgan fingerprint density at radius 2 is 1.65 bits per heavy atom. The third-order valence-corrected chi connectivity index (χ3v) is 5.19. The molecule has 4 nitrogen and oxygen atoms in total. The first-order valence-electron chi connectivity index (χ1n) is 9.34. The Morgan fingerprint density at radius 1 is 1.00 bits per heavy atom. The standard InChI is InChI=1S/C21H28ClN3O/c22-14-19(26)15-23-20-8-4-5-9-21(20)24-18-10-12-25(13-11-18)16-17-6-2-1-3-7-17/h1-9,18-19,23-24,26H,10-16H2.